The Kier molecular flexibility index (Phi) is 8.60. The topological polar surface area (TPSA) is 18.5 Å². The Morgan fingerprint density at radius 3 is 2.22 bits per heavy atom. The maximum atomic E-state index is 14.6. The fourth-order valence-corrected chi connectivity index (χ4v) is 3.40. The summed E-state index contributed by atoms with van der Waals surface area (Å²) in [5.74, 6) is -1.86. The first kappa shape index (κ1) is 23.7. The summed E-state index contributed by atoms with van der Waals surface area (Å²) in [5, 5.41) is 0. The number of rotatable bonds is 11. The predicted molar refractivity (Wildman–Crippen MR) is 122 cm³/mol. The van der Waals surface area contributed by atoms with Gasteiger partial charge in [0.2, 0.25) is 5.82 Å². The first-order valence-corrected chi connectivity index (χ1v) is 11.1. The van der Waals surface area contributed by atoms with Crippen molar-refractivity contribution in [2.75, 3.05) is 6.61 Å². The fourth-order valence-electron chi connectivity index (χ4n) is 3.40. The number of halogens is 3. The van der Waals surface area contributed by atoms with Crippen LogP contribution in [-0.4, -0.2) is 6.61 Å². The monoisotopic (exact) mass is 442 g/mol. The van der Waals surface area contributed by atoms with Gasteiger partial charge in [0.15, 0.2) is 11.6 Å². The second kappa shape index (κ2) is 11.6. The Balaban J connectivity index is 1.56. The van der Waals surface area contributed by atoms with Gasteiger partial charge >= 0.3 is 0 Å². The summed E-state index contributed by atoms with van der Waals surface area (Å²) in [6.45, 7) is 4.33. The van der Waals surface area contributed by atoms with Crippen molar-refractivity contribution in [1.82, 2.24) is 0 Å². The maximum Gasteiger partial charge on any atom is 0.200 e. The van der Waals surface area contributed by atoms with Crippen LogP contribution in [0, 0.1) is 24.4 Å². The molecule has 0 amide bonds. The van der Waals surface area contributed by atoms with Crippen LogP contribution in [0.1, 0.15) is 50.2 Å². The lowest BCUT2D eigenvalue weighted by molar-refractivity contribution is 0.284. The van der Waals surface area contributed by atoms with Crippen molar-refractivity contribution in [3.8, 4) is 22.6 Å². The Labute approximate surface area is 188 Å². The largest absolute Gasteiger partial charge is 0.493 e. The predicted octanol–water partition coefficient (Wildman–Crippen LogP) is 8.01. The fraction of sp³-hybridized carbons (Fsp3) is 0.333. The molecule has 32 heavy (non-hydrogen) atoms. The van der Waals surface area contributed by atoms with Crippen LogP contribution in [0.5, 0.6) is 11.5 Å². The van der Waals surface area contributed by atoms with Crippen LogP contribution in [0.3, 0.4) is 0 Å². The van der Waals surface area contributed by atoms with Gasteiger partial charge in [0.05, 0.1) is 6.61 Å². The van der Waals surface area contributed by atoms with E-state index in [2.05, 4.69) is 6.92 Å². The molecule has 3 aromatic carbocycles. The zero-order chi connectivity index (χ0) is 22.9. The molecule has 0 saturated heterocycles. The van der Waals surface area contributed by atoms with Gasteiger partial charge in [-0.2, -0.15) is 4.39 Å². The van der Waals surface area contributed by atoms with Gasteiger partial charge in [-0.05, 0) is 48.2 Å². The van der Waals surface area contributed by atoms with Crippen LogP contribution in [0.15, 0.2) is 54.6 Å². The van der Waals surface area contributed by atoms with Crippen molar-refractivity contribution >= 4 is 0 Å². The summed E-state index contributed by atoms with van der Waals surface area (Å²) in [5.41, 5.74) is 2.17. The van der Waals surface area contributed by atoms with Gasteiger partial charge in [-0.25, -0.2) is 8.78 Å². The standard InChI is InChI=1S/C27H29F3O2/c1-3-4-5-6-7-16-31-22-13-14-23(24(28)17-22)21-11-9-20(10-12-21)18-32-25-15-8-19(2)26(29)27(25)30/h8-15,17H,3-7,16,18H2,1-2H3. The van der Waals surface area contributed by atoms with Gasteiger partial charge in [0.1, 0.15) is 18.2 Å². The summed E-state index contributed by atoms with van der Waals surface area (Å²) in [4.78, 5) is 0. The molecular weight excluding hydrogens is 413 g/mol. The second-order valence-electron chi connectivity index (χ2n) is 7.90. The minimum Gasteiger partial charge on any atom is -0.493 e. The minimum atomic E-state index is -0.994. The molecule has 3 rings (SSSR count). The normalized spacial score (nSPS) is 10.9. The first-order valence-electron chi connectivity index (χ1n) is 11.1. The number of hydrogen-bond donors (Lipinski definition) is 0. The van der Waals surface area contributed by atoms with Crippen molar-refractivity contribution in [2.24, 2.45) is 0 Å². The smallest absolute Gasteiger partial charge is 0.200 e. The van der Waals surface area contributed by atoms with E-state index in [4.69, 9.17) is 9.47 Å². The van der Waals surface area contributed by atoms with Crippen molar-refractivity contribution in [3.63, 3.8) is 0 Å². The zero-order valence-electron chi connectivity index (χ0n) is 18.6. The van der Waals surface area contributed by atoms with E-state index in [0.29, 0.717) is 23.5 Å². The Morgan fingerprint density at radius 2 is 1.50 bits per heavy atom. The van der Waals surface area contributed by atoms with E-state index in [1.807, 2.05) is 0 Å². The highest BCUT2D eigenvalue weighted by molar-refractivity contribution is 5.65. The molecule has 0 fully saturated rings. The van der Waals surface area contributed by atoms with Crippen LogP contribution in [0.2, 0.25) is 0 Å². The number of aryl methyl sites for hydroxylation is 1. The summed E-state index contributed by atoms with van der Waals surface area (Å²) >= 11 is 0. The summed E-state index contributed by atoms with van der Waals surface area (Å²) in [6, 6.07) is 14.9. The van der Waals surface area contributed by atoms with Gasteiger partial charge in [-0.15, -0.1) is 0 Å². The molecule has 0 radical (unpaired) electrons. The number of unbranched alkanes of at least 4 members (excludes halogenated alkanes) is 4. The van der Waals surface area contributed by atoms with Crippen molar-refractivity contribution in [3.05, 3.63) is 83.2 Å². The average molecular weight is 443 g/mol. The van der Waals surface area contributed by atoms with E-state index < -0.39 is 11.6 Å². The third-order valence-electron chi connectivity index (χ3n) is 5.36. The zero-order valence-corrected chi connectivity index (χ0v) is 18.6. The van der Waals surface area contributed by atoms with Gasteiger partial charge in [-0.3, -0.25) is 0 Å². The Morgan fingerprint density at radius 1 is 0.750 bits per heavy atom. The van der Waals surface area contributed by atoms with E-state index in [1.165, 1.54) is 44.4 Å². The molecule has 3 aromatic rings. The van der Waals surface area contributed by atoms with E-state index in [1.54, 1.807) is 36.4 Å². The lowest BCUT2D eigenvalue weighted by Gasteiger charge is -2.11. The summed E-state index contributed by atoms with van der Waals surface area (Å²) in [7, 11) is 0. The van der Waals surface area contributed by atoms with E-state index in [-0.39, 0.29) is 23.7 Å². The van der Waals surface area contributed by atoms with Gasteiger partial charge in [0, 0.05) is 11.6 Å². The third-order valence-corrected chi connectivity index (χ3v) is 5.36. The molecule has 0 N–H and O–H groups in total. The van der Waals surface area contributed by atoms with Crippen LogP contribution < -0.4 is 9.47 Å². The third kappa shape index (κ3) is 6.28. The van der Waals surface area contributed by atoms with Gasteiger partial charge in [-0.1, -0.05) is 62.9 Å². The van der Waals surface area contributed by atoms with Crippen molar-refractivity contribution < 1.29 is 22.6 Å². The molecule has 0 saturated carbocycles. The number of benzene rings is 3. The highest BCUT2D eigenvalue weighted by Crippen LogP contribution is 2.28. The summed E-state index contributed by atoms with van der Waals surface area (Å²) in [6.07, 6.45) is 5.72. The average Bonchev–Trinajstić information content (AvgIpc) is 2.80. The SMILES string of the molecule is CCCCCCCOc1ccc(-c2ccc(COc3ccc(C)c(F)c3F)cc2)c(F)c1. The van der Waals surface area contributed by atoms with E-state index in [9.17, 15) is 13.2 Å². The van der Waals surface area contributed by atoms with Gasteiger partial charge < -0.3 is 9.47 Å². The molecule has 0 aromatic heterocycles. The van der Waals surface area contributed by atoms with Crippen LogP contribution >= 0.6 is 0 Å². The molecule has 0 atom stereocenters. The maximum absolute atomic E-state index is 14.6. The first-order chi connectivity index (χ1) is 15.5. The molecule has 170 valence electrons. The molecule has 0 spiro atoms. The highest BCUT2D eigenvalue weighted by Gasteiger charge is 2.12. The minimum absolute atomic E-state index is 0.0766. The highest BCUT2D eigenvalue weighted by atomic mass is 19.2. The van der Waals surface area contributed by atoms with Crippen LogP contribution in [-0.2, 0) is 6.61 Å². The van der Waals surface area contributed by atoms with E-state index in [0.717, 1.165) is 18.4 Å². The van der Waals surface area contributed by atoms with Crippen molar-refractivity contribution in [2.45, 2.75) is 52.6 Å². The van der Waals surface area contributed by atoms with Gasteiger partial charge in [0.25, 0.3) is 0 Å². The van der Waals surface area contributed by atoms with Crippen LogP contribution in [0.25, 0.3) is 11.1 Å². The van der Waals surface area contributed by atoms with E-state index >= 15 is 0 Å². The summed E-state index contributed by atoms with van der Waals surface area (Å²) < 4.78 is 53.3. The Bertz CT molecular complexity index is 1020. The number of hydrogen-bond acceptors (Lipinski definition) is 2. The molecule has 0 aliphatic heterocycles. The lowest BCUT2D eigenvalue weighted by atomic mass is 10.0. The lowest BCUT2D eigenvalue weighted by Crippen LogP contribution is -2.00. The molecule has 5 heteroatoms. The second-order valence-corrected chi connectivity index (χ2v) is 7.90. The molecular formula is C27H29F3O2. The molecule has 0 heterocycles. The molecule has 0 unspecified atom stereocenters. The molecule has 2 nitrogen and oxygen atoms in total. The van der Waals surface area contributed by atoms with Crippen LogP contribution in [0.4, 0.5) is 13.2 Å². The van der Waals surface area contributed by atoms with Crippen molar-refractivity contribution in [1.29, 1.82) is 0 Å². The molecule has 0 bridgehead atoms. The quantitative estimate of drug-likeness (QED) is 0.280. The Hall–Kier alpha value is -2.95. The molecule has 0 aliphatic rings. The molecule has 0 aliphatic carbocycles. The number of ether oxygens (including phenoxy) is 2.